The lowest BCUT2D eigenvalue weighted by atomic mass is 9.34. The van der Waals surface area contributed by atoms with E-state index in [1.807, 2.05) is 11.3 Å². The number of nitrogens with zero attached hydrogens (tertiary/aromatic N) is 2. The third-order valence-corrected chi connectivity index (χ3v) is 11.4. The van der Waals surface area contributed by atoms with Crippen LogP contribution in [0.3, 0.4) is 0 Å². The number of benzene rings is 6. The molecule has 2 nitrogen and oxygen atoms in total. The third-order valence-electron chi connectivity index (χ3n) is 10.2. The van der Waals surface area contributed by atoms with E-state index in [-0.39, 0.29) is 6.71 Å². The fraction of sp³-hybridized carbons (Fsp3) is 0.0500. The Labute approximate surface area is 258 Å². The maximum Gasteiger partial charge on any atom is 0.254 e. The number of hydrogen-bond donors (Lipinski definition) is 0. The van der Waals surface area contributed by atoms with Gasteiger partial charge in [-0.1, -0.05) is 103 Å². The Morgan fingerprint density at radius 1 is 0.591 bits per heavy atom. The summed E-state index contributed by atoms with van der Waals surface area (Å²) >= 11 is 1.98. The van der Waals surface area contributed by atoms with Gasteiger partial charge in [-0.15, -0.1) is 11.3 Å². The van der Waals surface area contributed by atoms with Gasteiger partial charge in [0.25, 0.3) is 6.71 Å². The Kier molecular flexibility index (Phi) is 4.42. The number of fused-ring (bicyclic) bond motifs is 14. The second-order valence-electron chi connectivity index (χ2n) is 12.3. The Bertz CT molecular complexity index is 2630. The molecule has 8 aromatic rings. The number of hydrogen-bond acceptors (Lipinski definition) is 2. The fourth-order valence-electron chi connectivity index (χ4n) is 8.52. The highest BCUT2D eigenvalue weighted by molar-refractivity contribution is 7.27. The first-order valence-corrected chi connectivity index (χ1v) is 16.4. The molecule has 2 aliphatic heterocycles. The first-order chi connectivity index (χ1) is 21.9. The van der Waals surface area contributed by atoms with E-state index in [9.17, 15) is 0 Å². The second kappa shape index (κ2) is 8.31. The van der Waals surface area contributed by atoms with Crippen molar-refractivity contribution < 1.29 is 0 Å². The lowest BCUT2D eigenvalue weighted by Crippen LogP contribution is -2.60. The fourth-order valence-corrected chi connectivity index (χ4v) is 9.94. The highest BCUT2D eigenvalue weighted by Crippen LogP contribution is 2.48. The predicted octanol–water partition coefficient (Wildman–Crippen LogP) is 8.82. The molecule has 0 radical (unpaired) electrons. The lowest BCUT2D eigenvalue weighted by molar-refractivity contribution is 1.000. The van der Waals surface area contributed by atoms with E-state index in [1.54, 1.807) is 0 Å². The zero-order chi connectivity index (χ0) is 28.5. The van der Waals surface area contributed by atoms with Gasteiger partial charge in [0, 0.05) is 43.4 Å². The molecular weight excluding hydrogens is 551 g/mol. The van der Waals surface area contributed by atoms with E-state index < -0.39 is 0 Å². The SMILES string of the molecule is C1=CC(N2c3cccc4c3B(c3c2sc2c5ccccc5c5ccccc5c32)c2cccc3c5ccccc5n-4c23)=CCC1. The summed E-state index contributed by atoms with van der Waals surface area (Å²) in [7, 11) is 0. The minimum Gasteiger partial charge on any atom is -0.310 e. The van der Waals surface area contributed by atoms with E-state index in [4.69, 9.17) is 0 Å². The van der Waals surface area contributed by atoms with Crippen LogP contribution in [0.5, 0.6) is 0 Å². The van der Waals surface area contributed by atoms with E-state index in [0.29, 0.717) is 0 Å². The summed E-state index contributed by atoms with van der Waals surface area (Å²) in [4.78, 5) is 2.59. The van der Waals surface area contributed by atoms with Crippen LogP contribution in [-0.2, 0) is 0 Å². The quantitative estimate of drug-likeness (QED) is 0.140. The van der Waals surface area contributed by atoms with Crippen molar-refractivity contribution in [3.8, 4) is 5.69 Å². The second-order valence-corrected chi connectivity index (χ2v) is 13.3. The zero-order valence-electron chi connectivity index (χ0n) is 23.9. The van der Waals surface area contributed by atoms with Gasteiger partial charge in [-0.2, -0.15) is 0 Å². The van der Waals surface area contributed by atoms with Gasteiger partial charge in [0.15, 0.2) is 0 Å². The molecule has 0 bridgehead atoms. The molecule has 4 heterocycles. The Hall–Kier alpha value is -5.06. The van der Waals surface area contributed by atoms with Crippen LogP contribution in [0.1, 0.15) is 12.8 Å². The predicted molar refractivity (Wildman–Crippen MR) is 191 cm³/mol. The van der Waals surface area contributed by atoms with Gasteiger partial charge >= 0.3 is 0 Å². The smallest absolute Gasteiger partial charge is 0.254 e. The third kappa shape index (κ3) is 2.74. The van der Waals surface area contributed by atoms with Crippen LogP contribution in [-0.4, -0.2) is 11.3 Å². The van der Waals surface area contributed by atoms with Crippen LogP contribution in [0.2, 0.25) is 0 Å². The van der Waals surface area contributed by atoms with Crippen LogP contribution < -0.4 is 21.3 Å². The summed E-state index contributed by atoms with van der Waals surface area (Å²) < 4.78 is 3.94. The highest BCUT2D eigenvalue weighted by atomic mass is 32.1. The van der Waals surface area contributed by atoms with Crippen LogP contribution in [0.15, 0.2) is 133 Å². The molecule has 4 heteroatoms. The standard InChI is InChI=1S/C40H25BN2S/c1-2-12-24(13-3-1)42-33-22-11-23-34-36(33)41(31-20-10-19-29-27-16-8-9-21-32(27)43(34)38(29)31)37-35-28-17-6-4-14-25(28)26-15-5-7-18-30(26)39(35)44-40(37)42/h2,4-23H,1,3H2. The molecule has 44 heavy (non-hydrogen) atoms. The number of para-hydroxylation sites is 2. The molecule has 0 saturated heterocycles. The molecular formula is C40H25BN2S. The van der Waals surface area contributed by atoms with Crippen LogP contribution in [0.4, 0.5) is 10.7 Å². The summed E-state index contributed by atoms with van der Waals surface area (Å²) in [6.07, 6.45) is 9.28. The van der Waals surface area contributed by atoms with Crippen LogP contribution in [0, 0.1) is 0 Å². The van der Waals surface area contributed by atoms with E-state index in [2.05, 4.69) is 137 Å². The number of thiophene rings is 1. The van der Waals surface area contributed by atoms with Crippen molar-refractivity contribution in [2.45, 2.75) is 12.8 Å². The molecule has 0 amide bonds. The number of anilines is 2. The maximum atomic E-state index is 2.59. The Balaban J connectivity index is 1.39. The van der Waals surface area contributed by atoms with Crippen molar-refractivity contribution in [2.24, 2.45) is 0 Å². The average molecular weight is 577 g/mol. The number of aromatic nitrogens is 1. The minimum atomic E-state index is 0.138. The molecule has 0 fully saturated rings. The van der Waals surface area contributed by atoms with Gasteiger partial charge in [0.05, 0.1) is 10.5 Å². The average Bonchev–Trinajstić information content (AvgIpc) is 3.65. The van der Waals surface area contributed by atoms with Crippen molar-refractivity contribution in [1.82, 2.24) is 4.57 Å². The number of allylic oxidation sites excluding steroid dienone is 3. The number of rotatable bonds is 1. The van der Waals surface area contributed by atoms with E-state index >= 15 is 0 Å². The summed E-state index contributed by atoms with van der Waals surface area (Å²) in [6, 6.07) is 41.0. The van der Waals surface area contributed by atoms with Gasteiger partial charge < -0.3 is 9.47 Å². The first kappa shape index (κ1) is 23.4. The van der Waals surface area contributed by atoms with E-state index in [0.717, 1.165) is 12.8 Å². The van der Waals surface area contributed by atoms with Crippen molar-refractivity contribution in [1.29, 1.82) is 0 Å². The van der Waals surface area contributed by atoms with Gasteiger partial charge in [-0.05, 0) is 75.1 Å². The highest BCUT2D eigenvalue weighted by Gasteiger charge is 2.44. The van der Waals surface area contributed by atoms with Crippen molar-refractivity contribution in [2.75, 3.05) is 4.90 Å². The van der Waals surface area contributed by atoms with E-state index in [1.165, 1.54) is 91.9 Å². The topological polar surface area (TPSA) is 8.17 Å². The molecule has 0 spiro atoms. The minimum absolute atomic E-state index is 0.138. The molecule has 11 rings (SSSR count). The normalized spacial score (nSPS) is 15.0. The molecule has 0 N–H and O–H groups in total. The van der Waals surface area contributed by atoms with Gasteiger partial charge in [-0.25, -0.2) is 0 Å². The molecule has 6 aromatic carbocycles. The summed E-state index contributed by atoms with van der Waals surface area (Å²) in [5, 5.41) is 10.8. The van der Waals surface area contributed by atoms with Gasteiger partial charge in [-0.3, -0.25) is 0 Å². The largest absolute Gasteiger partial charge is 0.310 e. The Morgan fingerprint density at radius 2 is 1.30 bits per heavy atom. The van der Waals surface area contributed by atoms with Crippen LogP contribution >= 0.6 is 11.3 Å². The monoisotopic (exact) mass is 576 g/mol. The van der Waals surface area contributed by atoms with Crippen LogP contribution in [0.25, 0.3) is 59.1 Å². The summed E-state index contributed by atoms with van der Waals surface area (Å²) in [5.74, 6) is 0. The molecule has 0 saturated carbocycles. The zero-order valence-corrected chi connectivity index (χ0v) is 24.7. The molecule has 0 atom stereocenters. The Morgan fingerprint density at radius 3 is 2.14 bits per heavy atom. The first-order valence-electron chi connectivity index (χ1n) is 15.6. The summed E-state index contributed by atoms with van der Waals surface area (Å²) in [5.41, 5.74) is 10.8. The van der Waals surface area contributed by atoms with Gasteiger partial charge in [0.1, 0.15) is 0 Å². The maximum absolute atomic E-state index is 2.59. The summed E-state index contributed by atoms with van der Waals surface area (Å²) in [6.45, 7) is 0.138. The van der Waals surface area contributed by atoms with Crippen molar-refractivity contribution in [3.63, 3.8) is 0 Å². The van der Waals surface area contributed by atoms with Crippen molar-refractivity contribution >= 4 is 98.6 Å². The molecule has 2 aromatic heterocycles. The lowest BCUT2D eigenvalue weighted by Gasteiger charge is -2.39. The molecule has 204 valence electrons. The van der Waals surface area contributed by atoms with Crippen molar-refractivity contribution in [3.05, 3.63) is 133 Å². The molecule has 0 unspecified atom stereocenters. The molecule has 1 aliphatic carbocycles. The molecule has 3 aliphatic rings. The van der Waals surface area contributed by atoms with Gasteiger partial charge in [0.2, 0.25) is 0 Å².